The first-order valence-electron chi connectivity index (χ1n) is 5.74. The van der Waals surface area contributed by atoms with Crippen molar-refractivity contribution in [1.29, 1.82) is 0 Å². The molecule has 18 heavy (non-hydrogen) atoms. The molecule has 0 saturated carbocycles. The van der Waals surface area contributed by atoms with Crippen LogP contribution in [0.5, 0.6) is 0 Å². The fourth-order valence-electron chi connectivity index (χ4n) is 1.55. The van der Waals surface area contributed by atoms with Crippen LogP contribution in [-0.2, 0) is 9.53 Å². The Bertz CT molecular complexity index is 544. The number of esters is 1. The third-order valence-corrected chi connectivity index (χ3v) is 2.37. The zero-order chi connectivity index (χ0) is 12.8. The van der Waals surface area contributed by atoms with Gasteiger partial charge in [0, 0.05) is 35.4 Å². The molecule has 0 bridgehead atoms. The van der Waals surface area contributed by atoms with Crippen LogP contribution in [0.1, 0.15) is 12.6 Å². The van der Waals surface area contributed by atoms with Crippen molar-refractivity contribution in [3.63, 3.8) is 0 Å². The minimum Gasteiger partial charge on any atom is -0.463 e. The number of carbonyl (C=O) groups is 1. The minimum atomic E-state index is -0.338. The molecule has 4 nitrogen and oxygen atoms in total. The molecule has 0 unspecified atom stereocenters. The largest absolute Gasteiger partial charge is 0.463 e. The predicted molar refractivity (Wildman–Crippen MR) is 69.7 cm³/mol. The van der Waals surface area contributed by atoms with Gasteiger partial charge in [0.1, 0.15) is 0 Å². The van der Waals surface area contributed by atoms with Crippen LogP contribution in [0, 0.1) is 0 Å². The molecule has 2 heterocycles. The van der Waals surface area contributed by atoms with E-state index in [4.69, 9.17) is 4.74 Å². The lowest BCUT2D eigenvalue weighted by atomic mass is 10.2. The number of aromatic nitrogens is 2. The maximum atomic E-state index is 11.2. The van der Waals surface area contributed by atoms with Gasteiger partial charge in [-0.2, -0.15) is 0 Å². The Morgan fingerprint density at radius 3 is 3.06 bits per heavy atom. The average molecular weight is 242 g/mol. The summed E-state index contributed by atoms with van der Waals surface area (Å²) in [5, 5.41) is 0. The maximum absolute atomic E-state index is 11.2. The van der Waals surface area contributed by atoms with Gasteiger partial charge >= 0.3 is 5.97 Å². The molecule has 0 amide bonds. The van der Waals surface area contributed by atoms with Crippen LogP contribution in [-0.4, -0.2) is 22.5 Å². The molecule has 4 heteroatoms. The van der Waals surface area contributed by atoms with Gasteiger partial charge in [0.15, 0.2) is 0 Å². The van der Waals surface area contributed by atoms with Crippen LogP contribution in [0.3, 0.4) is 0 Å². The third-order valence-electron chi connectivity index (χ3n) is 2.37. The standard InChI is InChI=1S/C14H14N2O2/c1-2-18-14(17)8-6-12-5-7-13(16-12)11-4-3-9-15-10-11/h3-10,16H,2H2,1H3/b8-6+. The number of pyridine rings is 1. The monoisotopic (exact) mass is 242 g/mol. The lowest BCUT2D eigenvalue weighted by molar-refractivity contribution is -0.137. The lowest BCUT2D eigenvalue weighted by Crippen LogP contribution is -1.98. The van der Waals surface area contributed by atoms with E-state index in [0.717, 1.165) is 17.0 Å². The van der Waals surface area contributed by atoms with Crippen LogP contribution in [0.2, 0.25) is 0 Å². The van der Waals surface area contributed by atoms with Crippen LogP contribution < -0.4 is 0 Å². The van der Waals surface area contributed by atoms with E-state index in [9.17, 15) is 4.79 Å². The molecule has 2 rings (SSSR count). The molecule has 0 radical (unpaired) electrons. The Morgan fingerprint density at radius 2 is 2.33 bits per heavy atom. The number of nitrogens with one attached hydrogen (secondary N) is 1. The van der Waals surface area contributed by atoms with Gasteiger partial charge in [-0.1, -0.05) is 0 Å². The van der Waals surface area contributed by atoms with E-state index in [0.29, 0.717) is 6.61 Å². The summed E-state index contributed by atoms with van der Waals surface area (Å²) in [7, 11) is 0. The number of aromatic amines is 1. The zero-order valence-corrected chi connectivity index (χ0v) is 10.1. The topological polar surface area (TPSA) is 55.0 Å². The van der Waals surface area contributed by atoms with E-state index in [-0.39, 0.29) is 5.97 Å². The summed E-state index contributed by atoms with van der Waals surface area (Å²) in [6.07, 6.45) is 6.61. The molecule has 0 aromatic carbocycles. The second-order valence-electron chi connectivity index (χ2n) is 3.65. The predicted octanol–water partition coefficient (Wildman–Crippen LogP) is 2.65. The van der Waals surface area contributed by atoms with Crippen molar-refractivity contribution in [3.05, 3.63) is 48.4 Å². The number of carbonyl (C=O) groups excluding carboxylic acids is 1. The Labute approximate surface area is 105 Å². The first-order chi connectivity index (χ1) is 8.79. The van der Waals surface area contributed by atoms with Crippen LogP contribution >= 0.6 is 0 Å². The number of rotatable bonds is 4. The van der Waals surface area contributed by atoms with Gasteiger partial charge in [-0.15, -0.1) is 0 Å². The average Bonchev–Trinajstić information content (AvgIpc) is 2.87. The molecule has 0 spiro atoms. The Kier molecular flexibility index (Phi) is 3.91. The number of ether oxygens (including phenoxy) is 1. The van der Waals surface area contributed by atoms with Crippen molar-refractivity contribution >= 4 is 12.0 Å². The highest BCUT2D eigenvalue weighted by Gasteiger charge is 2.00. The molecular weight excluding hydrogens is 228 g/mol. The van der Waals surface area contributed by atoms with Crippen molar-refractivity contribution in [2.45, 2.75) is 6.92 Å². The molecule has 0 aliphatic rings. The Balaban J connectivity index is 2.09. The summed E-state index contributed by atoms with van der Waals surface area (Å²) in [6.45, 7) is 2.16. The quantitative estimate of drug-likeness (QED) is 0.662. The first-order valence-corrected chi connectivity index (χ1v) is 5.74. The summed E-state index contributed by atoms with van der Waals surface area (Å²) >= 11 is 0. The maximum Gasteiger partial charge on any atom is 0.330 e. The molecule has 0 aliphatic carbocycles. The molecule has 0 aliphatic heterocycles. The summed E-state index contributed by atoms with van der Waals surface area (Å²) in [6, 6.07) is 7.70. The molecule has 2 aromatic rings. The van der Waals surface area contributed by atoms with Gasteiger partial charge in [0.25, 0.3) is 0 Å². The van der Waals surface area contributed by atoms with Gasteiger partial charge in [0.2, 0.25) is 0 Å². The number of hydrogen-bond donors (Lipinski definition) is 1. The Morgan fingerprint density at radius 1 is 1.44 bits per heavy atom. The summed E-state index contributed by atoms with van der Waals surface area (Å²) in [4.78, 5) is 18.4. The molecule has 1 N–H and O–H groups in total. The highest BCUT2D eigenvalue weighted by molar-refractivity contribution is 5.86. The second-order valence-corrected chi connectivity index (χ2v) is 3.65. The minimum absolute atomic E-state index is 0.338. The molecule has 0 atom stereocenters. The Hall–Kier alpha value is -2.36. The van der Waals surface area contributed by atoms with Gasteiger partial charge in [-0.05, 0) is 37.3 Å². The lowest BCUT2D eigenvalue weighted by Gasteiger charge is -1.96. The fourth-order valence-corrected chi connectivity index (χ4v) is 1.55. The SMILES string of the molecule is CCOC(=O)/C=C/c1ccc(-c2cccnc2)[nH]1. The van der Waals surface area contributed by atoms with Gasteiger partial charge in [0.05, 0.1) is 6.61 Å². The first kappa shape index (κ1) is 12.1. The number of hydrogen-bond acceptors (Lipinski definition) is 3. The third kappa shape index (κ3) is 3.07. The van der Waals surface area contributed by atoms with E-state index >= 15 is 0 Å². The van der Waals surface area contributed by atoms with Gasteiger partial charge in [-0.25, -0.2) is 4.79 Å². The molecule has 0 fully saturated rings. The van der Waals surface area contributed by atoms with Crippen molar-refractivity contribution in [3.8, 4) is 11.3 Å². The van der Waals surface area contributed by atoms with Crippen LogP contribution in [0.25, 0.3) is 17.3 Å². The van der Waals surface area contributed by atoms with E-state index in [1.165, 1.54) is 6.08 Å². The number of H-pyrrole nitrogens is 1. The smallest absolute Gasteiger partial charge is 0.330 e. The van der Waals surface area contributed by atoms with Crippen LogP contribution in [0.4, 0.5) is 0 Å². The van der Waals surface area contributed by atoms with E-state index in [1.54, 1.807) is 25.4 Å². The zero-order valence-electron chi connectivity index (χ0n) is 10.1. The van der Waals surface area contributed by atoms with Crippen molar-refractivity contribution < 1.29 is 9.53 Å². The van der Waals surface area contributed by atoms with Crippen molar-refractivity contribution in [1.82, 2.24) is 9.97 Å². The molecule has 0 saturated heterocycles. The second kappa shape index (κ2) is 5.82. The normalized spacial score (nSPS) is 10.7. The molecule has 92 valence electrons. The highest BCUT2D eigenvalue weighted by Crippen LogP contribution is 2.17. The van der Waals surface area contributed by atoms with Crippen molar-refractivity contribution in [2.24, 2.45) is 0 Å². The van der Waals surface area contributed by atoms with E-state index < -0.39 is 0 Å². The van der Waals surface area contributed by atoms with Crippen molar-refractivity contribution in [2.75, 3.05) is 6.61 Å². The van der Waals surface area contributed by atoms with Crippen LogP contribution in [0.15, 0.2) is 42.7 Å². The van der Waals surface area contributed by atoms with Gasteiger partial charge in [-0.3, -0.25) is 4.98 Å². The number of nitrogens with zero attached hydrogens (tertiary/aromatic N) is 1. The van der Waals surface area contributed by atoms with E-state index in [2.05, 4.69) is 9.97 Å². The summed E-state index contributed by atoms with van der Waals surface area (Å²) < 4.78 is 4.81. The molecule has 2 aromatic heterocycles. The van der Waals surface area contributed by atoms with E-state index in [1.807, 2.05) is 24.3 Å². The fraction of sp³-hybridized carbons (Fsp3) is 0.143. The van der Waals surface area contributed by atoms with Gasteiger partial charge < -0.3 is 9.72 Å². The summed E-state index contributed by atoms with van der Waals surface area (Å²) in [5.74, 6) is -0.338. The molecular formula is C14H14N2O2. The highest BCUT2D eigenvalue weighted by atomic mass is 16.5. The summed E-state index contributed by atoms with van der Waals surface area (Å²) in [5.41, 5.74) is 2.82.